The summed E-state index contributed by atoms with van der Waals surface area (Å²) in [6, 6.07) is 8.14. The highest BCUT2D eigenvalue weighted by Crippen LogP contribution is 2.30. The van der Waals surface area contributed by atoms with E-state index in [1.54, 1.807) is 0 Å². The summed E-state index contributed by atoms with van der Waals surface area (Å²) in [6.07, 6.45) is 3.16. The molecule has 2 aromatic rings. The minimum Gasteiger partial charge on any atom is -0.390 e. The van der Waals surface area contributed by atoms with E-state index >= 15 is 0 Å². The minimum atomic E-state index is -0.514. The fourth-order valence-electron chi connectivity index (χ4n) is 3.24. The summed E-state index contributed by atoms with van der Waals surface area (Å²) in [6.45, 7) is 5.75. The Morgan fingerprint density at radius 2 is 2.19 bits per heavy atom. The van der Waals surface area contributed by atoms with E-state index < -0.39 is 11.7 Å². The summed E-state index contributed by atoms with van der Waals surface area (Å²) in [5.74, 6) is 0.946. The van der Waals surface area contributed by atoms with Crippen LogP contribution in [-0.4, -0.2) is 33.0 Å². The lowest BCUT2D eigenvalue weighted by Gasteiger charge is -2.37. The molecule has 0 bridgehead atoms. The Morgan fingerprint density at radius 3 is 2.90 bits per heavy atom. The highest BCUT2D eigenvalue weighted by Gasteiger charge is 2.36. The van der Waals surface area contributed by atoms with Gasteiger partial charge in [0, 0.05) is 19.6 Å². The molecule has 2 atom stereocenters. The van der Waals surface area contributed by atoms with Gasteiger partial charge in [0.1, 0.15) is 5.82 Å². The zero-order valence-electron chi connectivity index (χ0n) is 12.9. The van der Waals surface area contributed by atoms with Crippen molar-refractivity contribution in [3.8, 4) is 0 Å². The summed E-state index contributed by atoms with van der Waals surface area (Å²) in [7, 11) is 0. The number of aliphatic hydroxyl groups is 1. The van der Waals surface area contributed by atoms with Gasteiger partial charge in [-0.05, 0) is 45.2 Å². The number of hydrogen-bond acceptors (Lipinski definition) is 3. The maximum absolute atomic E-state index is 10.7. The molecule has 1 aliphatic heterocycles. The van der Waals surface area contributed by atoms with Gasteiger partial charge >= 0.3 is 0 Å². The second-order valence-corrected chi connectivity index (χ2v) is 6.10. The summed E-state index contributed by atoms with van der Waals surface area (Å²) < 4.78 is 8.05. The molecule has 1 N–H and O–H groups in total. The second-order valence-electron chi connectivity index (χ2n) is 6.10. The van der Waals surface area contributed by atoms with Crippen molar-refractivity contribution in [1.29, 1.82) is 0 Å². The highest BCUT2D eigenvalue weighted by molar-refractivity contribution is 5.75. The van der Waals surface area contributed by atoms with E-state index in [-0.39, 0.29) is 0 Å². The van der Waals surface area contributed by atoms with Crippen LogP contribution >= 0.6 is 0 Å². The first kappa shape index (κ1) is 14.5. The molecule has 2 unspecified atom stereocenters. The van der Waals surface area contributed by atoms with E-state index in [2.05, 4.69) is 17.6 Å². The van der Waals surface area contributed by atoms with Crippen molar-refractivity contribution < 1.29 is 9.84 Å². The number of benzene rings is 1. The molecule has 4 nitrogen and oxygen atoms in total. The van der Waals surface area contributed by atoms with E-state index in [0.29, 0.717) is 6.42 Å². The van der Waals surface area contributed by atoms with Crippen LogP contribution < -0.4 is 0 Å². The van der Waals surface area contributed by atoms with Gasteiger partial charge in [0.05, 0.1) is 22.7 Å². The number of aromatic nitrogens is 2. The van der Waals surface area contributed by atoms with E-state index in [9.17, 15) is 5.11 Å². The lowest BCUT2D eigenvalue weighted by atomic mass is 9.88. The predicted molar refractivity (Wildman–Crippen MR) is 83.3 cm³/mol. The largest absolute Gasteiger partial charge is 0.390 e. The zero-order valence-corrected chi connectivity index (χ0v) is 12.9. The van der Waals surface area contributed by atoms with Gasteiger partial charge in [-0.3, -0.25) is 0 Å². The number of hydrogen-bond donors (Lipinski definition) is 1. The number of nitrogens with zero attached hydrogens (tertiary/aromatic N) is 2. The topological polar surface area (TPSA) is 47.3 Å². The summed E-state index contributed by atoms with van der Waals surface area (Å²) in [5, 5.41) is 10.7. The average molecular weight is 288 g/mol. The molecule has 4 heteroatoms. The van der Waals surface area contributed by atoms with Crippen molar-refractivity contribution in [2.24, 2.45) is 0 Å². The maximum Gasteiger partial charge on any atom is 0.112 e. The Hall–Kier alpha value is -1.39. The van der Waals surface area contributed by atoms with Crippen LogP contribution in [0.15, 0.2) is 24.3 Å². The van der Waals surface area contributed by atoms with Gasteiger partial charge in [-0.1, -0.05) is 12.1 Å². The molecule has 0 aliphatic carbocycles. The first-order valence-electron chi connectivity index (χ1n) is 7.90. The van der Waals surface area contributed by atoms with Gasteiger partial charge in [0.25, 0.3) is 0 Å². The van der Waals surface area contributed by atoms with Crippen LogP contribution in [0.25, 0.3) is 11.0 Å². The molecule has 0 amide bonds. The highest BCUT2D eigenvalue weighted by atomic mass is 16.5. The van der Waals surface area contributed by atoms with E-state index in [1.807, 2.05) is 25.1 Å². The van der Waals surface area contributed by atoms with Crippen LogP contribution in [0.5, 0.6) is 0 Å². The molecule has 114 valence electrons. The van der Waals surface area contributed by atoms with Crippen LogP contribution in [0.4, 0.5) is 0 Å². The van der Waals surface area contributed by atoms with E-state index in [4.69, 9.17) is 9.72 Å². The molecular weight excluding hydrogens is 264 g/mol. The first-order chi connectivity index (χ1) is 10.1. The third-order valence-corrected chi connectivity index (χ3v) is 4.63. The molecular formula is C17H24N2O2. The average Bonchev–Trinajstić information content (AvgIpc) is 2.85. The number of rotatable bonds is 4. The van der Waals surface area contributed by atoms with Crippen LogP contribution in [0.1, 0.15) is 38.9 Å². The Bertz CT molecular complexity index is 614. The van der Waals surface area contributed by atoms with Gasteiger partial charge in [0.15, 0.2) is 0 Å². The van der Waals surface area contributed by atoms with Crippen molar-refractivity contribution in [3.05, 3.63) is 30.1 Å². The number of para-hydroxylation sites is 2. The lowest BCUT2D eigenvalue weighted by Crippen LogP contribution is -2.46. The Morgan fingerprint density at radius 1 is 1.38 bits per heavy atom. The SMILES string of the molecule is CCn1c(CC(O)C2(C)CCCCO2)nc2ccccc21. The van der Waals surface area contributed by atoms with Crippen LogP contribution in [0, 0.1) is 0 Å². The predicted octanol–water partition coefficient (Wildman–Crippen LogP) is 2.92. The lowest BCUT2D eigenvalue weighted by molar-refractivity contribution is -0.136. The molecule has 1 saturated heterocycles. The maximum atomic E-state index is 10.7. The fourth-order valence-corrected chi connectivity index (χ4v) is 3.24. The first-order valence-corrected chi connectivity index (χ1v) is 7.90. The second kappa shape index (κ2) is 5.78. The van der Waals surface area contributed by atoms with Gasteiger partial charge in [-0.25, -0.2) is 4.98 Å². The Labute approximate surface area is 125 Å². The zero-order chi connectivity index (χ0) is 14.9. The number of aryl methyl sites for hydroxylation is 1. The summed E-state index contributed by atoms with van der Waals surface area (Å²) in [4.78, 5) is 4.70. The number of ether oxygens (including phenoxy) is 1. The number of imidazole rings is 1. The Kier molecular flexibility index (Phi) is 4.00. The molecule has 0 saturated carbocycles. The molecule has 1 aliphatic rings. The molecule has 1 aromatic heterocycles. The molecule has 1 fully saturated rings. The molecule has 0 spiro atoms. The summed E-state index contributed by atoms with van der Waals surface area (Å²) >= 11 is 0. The monoisotopic (exact) mass is 288 g/mol. The quantitative estimate of drug-likeness (QED) is 0.941. The van der Waals surface area contributed by atoms with Crippen molar-refractivity contribution in [2.75, 3.05) is 6.61 Å². The van der Waals surface area contributed by atoms with Gasteiger partial charge in [0.2, 0.25) is 0 Å². The van der Waals surface area contributed by atoms with Gasteiger partial charge in [-0.2, -0.15) is 0 Å². The standard InChI is InChI=1S/C17H24N2O2/c1-3-19-14-9-5-4-8-13(14)18-16(19)12-15(20)17(2)10-6-7-11-21-17/h4-5,8-9,15,20H,3,6-7,10-12H2,1-2H3. The fraction of sp³-hybridized carbons (Fsp3) is 0.588. The molecule has 0 radical (unpaired) electrons. The van der Waals surface area contributed by atoms with Crippen LogP contribution in [0.2, 0.25) is 0 Å². The van der Waals surface area contributed by atoms with Crippen LogP contribution in [0.3, 0.4) is 0 Å². The normalized spacial score (nSPS) is 24.3. The molecule has 1 aromatic carbocycles. The molecule has 2 heterocycles. The third-order valence-electron chi connectivity index (χ3n) is 4.63. The van der Waals surface area contributed by atoms with E-state index in [1.165, 1.54) is 0 Å². The van der Waals surface area contributed by atoms with Crippen molar-refractivity contribution >= 4 is 11.0 Å². The van der Waals surface area contributed by atoms with Gasteiger partial charge in [-0.15, -0.1) is 0 Å². The number of aliphatic hydroxyl groups excluding tert-OH is 1. The van der Waals surface area contributed by atoms with Gasteiger partial charge < -0.3 is 14.4 Å². The third kappa shape index (κ3) is 2.70. The van der Waals surface area contributed by atoms with E-state index in [0.717, 1.165) is 49.3 Å². The minimum absolute atomic E-state index is 0.436. The summed E-state index contributed by atoms with van der Waals surface area (Å²) in [5.41, 5.74) is 1.70. The Balaban J connectivity index is 1.87. The smallest absolute Gasteiger partial charge is 0.112 e. The van der Waals surface area contributed by atoms with Crippen molar-refractivity contribution in [1.82, 2.24) is 9.55 Å². The van der Waals surface area contributed by atoms with Crippen molar-refractivity contribution in [2.45, 2.75) is 57.8 Å². The van der Waals surface area contributed by atoms with Crippen molar-refractivity contribution in [3.63, 3.8) is 0 Å². The van der Waals surface area contributed by atoms with Crippen LogP contribution in [-0.2, 0) is 17.7 Å². The molecule has 21 heavy (non-hydrogen) atoms. The molecule has 3 rings (SSSR count). The number of fused-ring (bicyclic) bond motifs is 1.